The molecule has 7 nitrogen and oxygen atoms in total. The third-order valence-electron chi connectivity index (χ3n) is 3.78. The molecule has 0 saturated carbocycles. The fourth-order valence-electron chi connectivity index (χ4n) is 2.72. The number of halogens is 1. The van der Waals surface area contributed by atoms with E-state index < -0.39 is 0 Å². The number of hydrogen-bond donors (Lipinski definition) is 1. The van der Waals surface area contributed by atoms with Crippen molar-refractivity contribution in [2.45, 2.75) is 31.8 Å². The number of likely N-dealkylation sites (tertiary alicyclic amines) is 1. The average Bonchev–Trinajstić information content (AvgIpc) is 3.14. The number of anilines is 1. The van der Waals surface area contributed by atoms with Gasteiger partial charge in [-0.1, -0.05) is 11.6 Å². The molecule has 3 rings (SSSR count). The maximum absolute atomic E-state index is 12.5. The molecule has 1 amide bonds. The summed E-state index contributed by atoms with van der Waals surface area (Å²) < 4.78 is 1.67. The van der Waals surface area contributed by atoms with Crippen molar-refractivity contribution in [3.63, 3.8) is 0 Å². The maximum atomic E-state index is 12.5. The molecule has 0 aliphatic carbocycles. The number of amides is 1. The Hall–Kier alpha value is -2.15. The molecule has 0 radical (unpaired) electrons. The standard InChI is InChI=1S/C14H17ClN6O/c15-10-8-17-20(9-10)7-5-14(22)21-6-1-2-12(21)11-3-4-13(16)19-18-11/h3-4,8-9,12H,1-2,5-7H2,(H2,16,19). The third kappa shape index (κ3) is 3.19. The lowest BCUT2D eigenvalue weighted by Crippen LogP contribution is -2.31. The fourth-order valence-corrected chi connectivity index (χ4v) is 2.87. The van der Waals surface area contributed by atoms with Crippen molar-refractivity contribution in [2.75, 3.05) is 12.3 Å². The monoisotopic (exact) mass is 320 g/mol. The summed E-state index contributed by atoms with van der Waals surface area (Å²) in [7, 11) is 0. The first-order valence-corrected chi connectivity index (χ1v) is 7.58. The molecule has 1 fully saturated rings. The number of carbonyl (C=O) groups is 1. The van der Waals surface area contributed by atoms with Gasteiger partial charge in [-0.15, -0.1) is 5.10 Å². The van der Waals surface area contributed by atoms with E-state index in [0.717, 1.165) is 25.1 Å². The third-order valence-corrected chi connectivity index (χ3v) is 3.97. The van der Waals surface area contributed by atoms with Crippen LogP contribution in [0.5, 0.6) is 0 Å². The van der Waals surface area contributed by atoms with Crippen molar-refractivity contribution in [1.29, 1.82) is 0 Å². The number of aromatic nitrogens is 4. The van der Waals surface area contributed by atoms with Crippen molar-refractivity contribution in [3.8, 4) is 0 Å². The molecule has 22 heavy (non-hydrogen) atoms. The highest BCUT2D eigenvalue weighted by Crippen LogP contribution is 2.31. The zero-order valence-electron chi connectivity index (χ0n) is 12.0. The number of nitrogens with two attached hydrogens (primary N) is 1. The largest absolute Gasteiger partial charge is 0.382 e. The lowest BCUT2D eigenvalue weighted by molar-refractivity contribution is -0.132. The summed E-state index contributed by atoms with van der Waals surface area (Å²) in [4.78, 5) is 14.3. The number of aryl methyl sites for hydroxylation is 1. The minimum absolute atomic E-state index is 0.0122. The molecule has 1 unspecified atom stereocenters. The van der Waals surface area contributed by atoms with Gasteiger partial charge in [0.2, 0.25) is 5.91 Å². The number of nitrogen functional groups attached to an aromatic ring is 1. The quantitative estimate of drug-likeness (QED) is 0.925. The van der Waals surface area contributed by atoms with Crippen LogP contribution in [0, 0.1) is 0 Å². The minimum Gasteiger partial charge on any atom is -0.382 e. The van der Waals surface area contributed by atoms with Gasteiger partial charge in [0, 0.05) is 25.7 Å². The second-order valence-corrected chi connectivity index (χ2v) is 5.74. The topological polar surface area (TPSA) is 89.9 Å². The predicted molar refractivity (Wildman–Crippen MR) is 82.0 cm³/mol. The number of rotatable bonds is 4. The zero-order valence-corrected chi connectivity index (χ0v) is 12.8. The molecule has 116 valence electrons. The number of carbonyl (C=O) groups excluding carboxylic acids is 1. The molecule has 0 bridgehead atoms. The normalized spacial score (nSPS) is 17.9. The van der Waals surface area contributed by atoms with Crippen molar-refractivity contribution in [2.24, 2.45) is 0 Å². The lowest BCUT2D eigenvalue weighted by atomic mass is 10.1. The van der Waals surface area contributed by atoms with Gasteiger partial charge in [0.25, 0.3) is 0 Å². The van der Waals surface area contributed by atoms with Crippen LogP contribution in [0.2, 0.25) is 5.02 Å². The summed E-state index contributed by atoms with van der Waals surface area (Å²) in [5, 5.41) is 12.6. The molecule has 0 aromatic carbocycles. The Morgan fingerprint density at radius 2 is 2.27 bits per heavy atom. The first-order chi connectivity index (χ1) is 10.6. The molecular weight excluding hydrogens is 304 g/mol. The first kappa shape index (κ1) is 14.8. The van der Waals surface area contributed by atoms with Crippen LogP contribution in [0.4, 0.5) is 5.82 Å². The lowest BCUT2D eigenvalue weighted by Gasteiger charge is -2.24. The molecule has 1 saturated heterocycles. The summed E-state index contributed by atoms with van der Waals surface area (Å²) in [6.45, 7) is 1.26. The van der Waals surface area contributed by atoms with Gasteiger partial charge < -0.3 is 10.6 Å². The van der Waals surface area contributed by atoms with Gasteiger partial charge >= 0.3 is 0 Å². The van der Waals surface area contributed by atoms with Crippen molar-refractivity contribution < 1.29 is 4.79 Å². The van der Waals surface area contributed by atoms with E-state index in [1.54, 1.807) is 23.1 Å². The van der Waals surface area contributed by atoms with Crippen molar-refractivity contribution >= 4 is 23.3 Å². The Labute approximate surface area is 133 Å². The Morgan fingerprint density at radius 3 is 2.95 bits per heavy atom. The molecule has 2 aromatic rings. The molecule has 1 aliphatic heterocycles. The van der Waals surface area contributed by atoms with Crippen LogP contribution >= 0.6 is 11.6 Å². The molecule has 0 spiro atoms. The first-order valence-electron chi connectivity index (χ1n) is 7.20. The van der Waals surface area contributed by atoms with Crippen LogP contribution < -0.4 is 5.73 Å². The SMILES string of the molecule is Nc1ccc(C2CCCN2C(=O)CCn2cc(Cl)cn2)nn1. The second-order valence-electron chi connectivity index (χ2n) is 5.30. The van der Waals surface area contributed by atoms with Gasteiger partial charge in [0.05, 0.1) is 23.0 Å². The van der Waals surface area contributed by atoms with Gasteiger partial charge in [0.1, 0.15) is 5.82 Å². The molecule has 1 aliphatic rings. The van der Waals surface area contributed by atoms with E-state index >= 15 is 0 Å². The van der Waals surface area contributed by atoms with Crippen molar-refractivity contribution in [1.82, 2.24) is 24.9 Å². The van der Waals surface area contributed by atoms with Crippen LogP contribution in [0.3, 0.4) is 0 Å². The maximum Gasteiger partial charge on any atom is 0.225 e. The highest BCUT2D eigenvalue weighted by Gasteiger charge is 2.30. The summed E-state index contributed by atoms with van der Waals surface area (Å²) in [6.07, 6.45) is 5.53. The van der Waals surface area contributed by atoms with Crippen LogP contribution in [0.25, 0.3) is 0 Å². The smallest absolute Gasteiger partial charge is 0.225 e. The zero-order chi connectivity index (χ0) is 15.5. The van der Waals surface area contributed by atoms with E-state index in [1.807, 2.05) is 11.0 Å². The second kappa shape index (κ2) is 6.31. The summed E-state index contributed by atoms with van der Waals surface area (Å²) in [6, 6.07) is 3.54. The Balaban J connectivity index is 1.64. The Bertz CT molecular complexity index is 656. The molecule has 2 aromatic heterocycles. The average molecular weight is 321 g/mol. The van der Waals surface area contributed by atoms with Crippen molar-refractivity contribution in [3.05, 3.63) is 35.2 Å². The van der Waals surface area contributed by atoms with E-state index in [4.69, 9.17) is 17.3 Å². The van der Waals surface area contributed by atoms with Gasteiger partial charge in [0.15, 0.2) is 0 Å². The summed E-state index contributed by atoms with van der Waals surface area (Å²) in [5.74, 6) is 0.475. The highest BCUT2D eigenvalue weighted by atomic mass is 35.5. The van der Waals surface area contributed by atoms with E-state index in [9.17, 15) is 4.79 Å². The predicted octanol–water partition coefficient (Wildman–Crippen LogP) is 1.66. The van der Waals surface area contributed by atoms with Crippen LogP contribution in [-0.2, 0) is 11.3 Å². The molecule has 8 heteroatoms. The van der Waals surface area contributed by atoms with Gasteiger partial charge in [-0.25, -0.2) is 0 Å². The van der Waals surface area contributed by atoms with Gasteiger partial charge in [-0.2, -0.15) is 10.2 Å². The van der Waals surface area contributed by atoms with Crippen LogP contribution in [0.1, 0.15) is 31.0 Å². The van der Waals surface area contributed by atoms with E-state index in [1.165, 1.54) is 0 Å². The van der Waals surface area contributed by atoms with Crippen LogP contribution in [-0.4, -0.2) is 37.3 Å². The Kier molecular flexibility index (Phi) is 4.24. The summed E-state index contributed by atoms with van der Waals surface area (Å²) >= 11 is 5.81. The summed E-state index contributed by atoms with van der Waals surface area (Å²) in [5.41, 5.74) is 6.35. The number of nitrogens with zero attached hydrogens (tertiary/aromatic N) is 5. The highest BCUT2D eigenvalue weighted by molar-refractivity contribution is 6.30. The van der Waals surface area contributed by atoms with E-state index in [-0.39, 0.29) is 11.9 Å². The number of hydrogen-bond acceptors (Lipinski definition) is 5. The minimum atomic E-state index is -0.0122. The molecule has 3 heterocycles. The molecule has 1 atom stereocenters. The van der Waals surface area contributed by atoms with E-state index in [0.29, 0.717) is 23.8 Å². The van der Waals surface area contributed by atoms with Gasteiger partial charge in [-0.05, 0) is 25.0 Å². The molecule has 2 N–H and O–H groups in total. The molecular formula is C14H17ClN6O. The van der Waals surface area contributed by atoms with E-state index in [2.05, 4.69) is 15.3 Å². The van der Waals surface area contributed by atoms with Crippen LogP contribution in [0.15, 0.2) is 24.5 Å². The fraction of sp³-hybridized carbons (Fsp3) is 0.429. The van der Waals surface area contributed by atoms with Gasteiger partial charge in [-0.3, -0.25) is 9.48 Å². The Morgan fingerprint density at radius 1 is 1.41 bits per heavy atom.